The summed E-state index contributed by atoms with van der Waals surface area (Å²) in [4.78, 5) is 12.2. The molecule has 0 heterocycles. The smallest absolute Gasteiger partial charge is 0.371 e. The van der Waals surface area contributed by atoms with Crippen LogP contribution in [0.25, 0.3) is 0 Å². The quantitative estimate of drug-likeness (QED) is 0.280. The van der Waals surface area contributed by atoms with Crippen molar-refractivity contribution in [3.05, 3.63) is 47.5 Å². The van der Waals surface area contributed by atoms with Gasteiger partial charge in [0, 0.05) is 0 Å². The first-order valence-corrected chi connectivity index (χ1v) is 10.8. The van der Waals surface area contributed by atoms with Crippen LogP contribution in [-0.2, 0) is 20.4 Å². The van der Waals surface area contributed by atoms with E-state index >= 15 is 0 Å². The van der Waals surface area contributed by atoms with Gasteiger partial charge in [0.2, 0.25) is 0 Å². The van der Waals surface area contributed by atoms with Gasteiger partial charge in [-0.15, -0.1) is 0 Å². The molecule has 1 rings (SSSR count). The number of benzene rings is 1. The number of esters is 1. The largest absolute Gasteiger partial charge is 0.539 e. The van der Waals surface area contributed by atoms with Crippen LogP contribution in [-0.4, -0.2) is 20.9 Å². The zero-order valence-corrected chi connectivity index (χ0v) is 15.5. The number of rotatable bonds is 9. The van der Waals surface area contributed by atoms with E-state index in [0.29, 0.717) is 13.0 Å². The van der Waals surface area contributed by atoms with E-state index in [1.54, 1.807) is 19.1 Å². The van der Waals surface area contributed by atoms with E-state index in [9.17, 15) is 9.18 Å². The fourth-order valence-corrected chi connectivity index (χ4v) is 5.01. The second-order valence-corrected chi connectivity index (χ2v) is 10.2. The third-order valence-corrected chi connectivity index (χ3v) is 8.67. The van der Waals surface area contributed by atoms with Crippen LogP contribution >= 0.6 is 0 Å². The van der Waals surface area contributed by atoms with Crippen LogP contribution in [0, 0.1) is 5.82 Å². The molecule has 5 heteroatoms. The molecule has 0 aliphatic carbocycles. The fourth-order valence-electron chi connectivity index (χ4n) is 2.44. The second kappa shape index (κ2) is 9.50. The van der Waals surface area contributed by atoms with Gasteiger partial charge in [-0.2, -0.15) is 0 Å². The van der Waals surface area contributed by atoms with Gasteiger partial charge in [-0.25, -0.2) is 9.18 Å². The maximum Gasteiger partial charge on any atom is 0.371 e. The Hall–Kier alpha value is -1.62. The highest BCUT2D eigenvalue weighted by molar-refractivity contribution is 6.74. The summed E-state index contributed by atoms with van der Waals surface area (Å²) >= 11 is 0. The molecular weight excluding hydrogens is 311 g/mol. The highest BCUT2D eigenvalue weighted by Gasteiger charge is 2.33. The first kappa shape index (κ1) is 19.4. The molecule has 1 aromatic rings. The molecular formula is C18H27FO3Si. The molecule has 0 aliphatic heterocycles. The van der Waals surface area contributed by atoms with Gasteiger partial charge in [0.15, 0.2) is 5.76 Å². The van der Waals surface area contributed by atoms with Crippen LogP contribution in [0.4, 0.5) is 4.39 Å². The zero-order valence-electron chi connectivity index (χ0n) is 14.5. The molecule has 3 nitrogen and oxygen atoms in total. The van der Waals surface area contributed by atoms with Gasteiger partial charge < -0.3 is 9.16 Å². The van der Waals surface area contributed by atoms with Crippen LogP contribution < -0.4 is 0 Å². The van der Waals surface area contributed by atoms with Crippen LogP contribution in [0.3, 0.4) is 0 Å². The molecule has 0 aliphatic rings. The van der Waals surface area contributed by atoms with Crippen LogP contribution in [0.2, 0.25) is 18.1 Å². The number of hydrogen-bond acceptors (Lipinski definition) is 3. The lowest BCUT2D eigenvalue weighted by molar-refractivity contribution is -0.141. The van der Waals surface area contributed by atoms with Crippen LogP contribution in [0.15, 0.2) is 36.1 Å². The Morgan fingerprint density at radius 3 is 2.35 bits per heavy atom. The standard InChI is InChI=1S/C18H27FO3Si/c1-5-21-18(20)17(22-23(6-2,7-3)8-4)13-12-15-10-9-11-16(19)14-15/h9-11,13-14H,5-8,12H2,1-4H3/b17-13-. The molecule has 128 valence electrons. The summed E-state index contributed by atoms with van der Waals surface area (Å²) in [7, 11) is -1.96. The monoisotopic (exact) mass is 338 g/mol. The minimum atomic E-state index is -1.96. The van der Waals surface area contributed by atoms with Crippen molar-refractivity contribution in [2.45, 2.75) is 52.2 Å². The van der Waals surface area contributed by atoms with Crippen LogP contribution in [0.1, 0.15) is 33.3 Å². The summed E-state index contributed by atoms with van der Waals surface area (Å²) in [6.45, 7) is 8.39. The van der Waals surface area contributed by atoms with Crippen LogP contribution in [0.5, 0.6) is 0 Å². The van der Waals surface area contributed by atoms with Crippen molar-refractivity contribution in [1.29, 1.82) is 0 Å². The van der Waals surface area contributed by atoms with Gasteiger partial charge >= 0.3 is 5.97 Å². The Labute approximate surface area is 139 Å². The van der Waals surface area contributed by atoms with Crippen molar-refractivity contribution in [3.63, 3.8) is 0 Å². The van der Waals surface area contributed by atoms with E-state index in [4.69, 9.17) is 9.16 Å². The molecule has 0 radical (unpaired) electrons. The molecule has 0 saturated carbocycles. The van der Waals surface area contributed by atoms with E-state index in [1.165, 1.54) is 12.1 Å². The summed E-state index contributed by atoms with van der Waals surface area (Å²) in [6.07, 6.45) is 2.16. The van der Waals surface area contributed by atoms with E-state index in [-0.39, 0.29) is 11.6 Å². The molecule has 0 spiro atoms. The second-order valence-electron chi connectivity index (χ2n) is 5.47. The summed E-state index contributed by atoms with van der Waals surface area (Å²) in [5, 5.41) is 0. The number of hydrogen-bond donors (Lipinski definition) is 0. The van der Waals surface area contributed by atoms with Crippen molar-refractivity contribution in [2.24, 2.45) is 0 Å². The summed E-state index contributed by atoms with van der Waals surface area (Å²) < 4.78 is 24.6. The molecule has 0 saturated heterocycles. The summed E-state index contributed by atoms with van der Waals surface area (Å²) in [5.74, 6) is -0.446. The Balaban J connectivity index is 2.99. The van der Waals surface area contributed by atoms with Gasteiger partial charge in [-0.1, -0.05) is 32.9 Å². The van der Waals surface area contributed by atoms with Crippen molar-refractivity contribution in [3.8, 4) is 0 Å². The average Bonchev–Trinajstić information content (AvgIpc) is 2.56. The minimum Gasteiger partial charge on any atom is -0.539 e. The number of carbonyl (C=O) groups is 1. The Kier molecular flexibility index (Phi) is 8.02. The lowest BCUT2D eigenvalue weighted by Crippen LogP contribution is -2.37. The molecule has 0 N–H and O–H groups in total. The van der Waals surface area contributed by atoms with E-state index < -0.39 is 14.3 Å². The highest BCUT2D eigenvalue weighted by Crippen LogP contribution is 2.25. The lowest BCUT2D eigenvalue weighted by atomic mass is 10.1. The third kappa shape index (κ3) is 5.82. The number of allylic oxidation sites excluding steroid dienone is 1. The Morgan fingerprint density at radius 1 is 1.17 bits per heavy atom. The molecule has 1 aromatic carbocycles. The number of carbonyl (C=O) groups excluding carboxylic acids is 1. The Bertz CT molecular complexity index is 531. The lowest BCUT2D eigenvalue weighted by Gasteiger charge is -2.29. The molecule has 23 heavy (non-hydrogen) atoms. The predicted molar refractivity (Wildman–Crippen MR) is 93.1 cm³/mol. The summed E-state index contributed by atoms with van der Waals surface area (Å²) in [6, 6.07) is 9.17. The molecule has 0 unspecified atom stereocenters. The molecule has 0 atom stereocenters. The van der Waals surface area contributed by atoms with Crippen molar-refractivity contribution in [2.75, 3.05) is 6.61 Å². The maximum absolute atomic E-state index is 13.3. The van der Waals surface area contributed by atoms with Crippen molar-refractivity contribution in [1.82, 2.24) is 0 Å². The van der Waals surface area contributed by atoms with Gasteiger partial charge in [0.05, 0.1) is 6.61 Å². The normalized spacial score (nSPS) is 12.1. The molecule has 0 amide bonds. The molecule has 0 fully saturated rings. The topological polar surface area (TPSA) is 35.5 Å². The summed E-state index contributed by atoms with van der Waals surface area (Å²) in [5.41, 5.74) is 0.798. The zero-order chi connectivity index (χ0) is 17.3. The SMILES string of the molecule is CCOC(=O)/C(=C/Cc1cccc(F)c1)O[Si](CC)(CC)CC. The number of halogens is 1. The van der Waals surface area contributed by atoms with E-state index in [1.807, 2.05) is 6.07 Å². The third-order valence-electron chi connectivity index (χ3n) is 4.15. The number of ether oxygens (including phenoxy) is 1. The minimum absolute atomic E-state index is 0.272. The maximum atomic E-state index is 13.3. The average molecular weight is 338 g/mol. The molecule has 0 aromatic heterocycles. The highest BCUT2D eigenvalue weighted by atomic mass is 28.4. The van der Waals surface area contributed by atoms with E-state index in [2.05, 4.69) is 20.8 Å². The predicted octanol–water partition coefficient (Wildman–Crippen LogP) is 4.84. The van der Waals surface area contributed by atoms with Gasteiger partial charge in [0.1, 0.15) is 5.82 Å². The first-order valence-electron chi connectivity index (χ1n) is 8.31. The van der Waals surface area contributed by atoms with Crippen molar-refractivity contribution >= 4 is 14.3 Å². The fraction of sp³-hybridized carbons (Fsp3) is 0.500. The van der Waals surface area contributed by atoms with Gasteiger partial charge in [0.25, 0.3) is 8.32 Å². The Morgan fingerprint density at radius 2 is 1.83 bits per heavy atom. The van der Waals surface area contributed by atoms with Crippen molar-refractivity contribution < 1.29 is 18.3 Å². The van der Waals surface area contributed by atoms with Gasteiger partial charge in [-0.3, -0.25) is 0 Å². The molecule has 0 bridgehead atoms. The van der Waals surface area contributed by atoms with Gasteiger partial charge in [-0.05, 0) is 55.2 Å². The first-order chi connectivity index (χ1) is 11.0. The van der Waals surface area contributed by atoms with E-state index in [0.717, 1.165) is 23.7 Å².